The number of carbonyl (C=O) groups is 1. The number of hydrogen-bond acceptors (Lipinski definition) is 3. The number of nitriles is 2. The van der Waals surface area contributed by atoms with Crippen molar-refractivity contribution in [3.8, 4) is 12.1 Å². The van der Waals surface area contributed by atoms with Gasteiger partial charge in [-0.2, -0.15) is 10.5 Å². The van der Waals surface area contributed by atoms with Gasteiger partial charge in [-0.25, -0.2) is 0 Å². The average Bonchev–Trinajstić information content (AvgIpc) is 2.59. The third-order valence-corrected chi connectivity index (χ3v) is 2.78. The van der Waals surface area contributed by atoms with Crippen molar-refractivity contribution in [3.05, 3.63) is 33.3 Å². The number of amides is 1. The van der Waals surface area contributed by atoms with Crippen LogP contribution in [0, 0.1) is 22.7 Å². The van der Waals surface area contributed by atoms with Crippen LogP contribution in [0.3, 0.4) is 0 Å². The van der Waals surface area contributed by atoms with E-state index in [9.17, 15) is 4.79 Å². The van der Waals surface area contributed by atoms with Crippen LogP contribution < -0.4 is 5.32 Å². The lowest BCUT2D eigenvalue weighted by atomic mass is 10.0. The minimum atomic E-state index is -0.526. The summed E-state index contributed by atoms with van der Waals surface area (Å²) in [6.07, 6.45) is 0. The Hall–Kier alpha value is -2.01. The largest absolute Gasteiger partial charge is 0.320 e. The van der Waals surface area contributed by atoms with Gasteiger partial charge in [0.25, 0.3) is 5.91 Å². The maximum absolute atomic E-state index is 11.7. The third-order valence-electron chi connectivity index (χ3n) is 2.26. The van der Waals surface area contributed by atoms with Crippen LogP contribution in [0.1, 0.15) is 5.56 Å². The van der Waals surface area contributed by atoms with E-state index in [4.69, 9.17) is 33.7 Å². The molecule has 0 spiro atoms. The number of benzene rings is 1. The number of carbonyl (C=O) groups excluding carboxylic acids is 1. The van der Waals surface area contributed by atoms with Crippen molar-refractivity contribution in [2.45, 2.75) is 0 Å². The first-order valence-corrected chi connectivity index (χ1v) is 5.19. The molecule has 0 bridgehead atoms. The molecule has 0 aliphatic carbocycles. The minimum Gasteiger partial charge on any atom is -0.320 e. The van der Waals surface area contributed by atoms with E-state index < -0.39 is 5.91 Å². The highest BCUT2D eigenvalue weighted by atomic mass is 35.5. The van der Waals surface area contributed by atoms with Gasteiger partial charge >= 0.3 is 0 Å². The highest BCUT2D eigenvalue weighted by Crippen LogP contribution is 2.40. The van der Waals surface area contributed by atoms with Gasteiger partial charge in [-0.1, -0.05) is 23.2 Å². The van der Waals surface area contributed by atoms with E-state index >= 15 is 0 Å². The van der Waals surface area contributed by atoms with E-state index in [0.29, 0.717) is 16.3 Å². The molecule has 0 radical (unpaired) electrons. The molecule has 0 atom stereocenters. The van der Waals surface area contributed by atoms with E-state index in [0.717, 1.165) is 0 Å². The SMILES string of the molecule is N#CC(C#N)=C1C(=O)Nc2c(Cl)cc(Cl)cc21. The van der Waals surface area contributed by atoms with E-state index in [1.54, 1.807) is 12.1 Å². The van der Waals surface area contributed by atoms with Gasteiger partial charge in [0.1, 0.15) is 17.7 Å². The fourth-order valence-corrected chi connectivity index (χ4v) is 2.12. The Morgan fingerprint density at radius 3 is 2.47 bits per heavy atom. The molecule has 0 saturated heterocycles. The van der Waals surface area contributed by atoms with Crippen molar-refractivity contribution in [2.24, 2.45) is 0 Å². The molecule has 82 valence electrons. The van der Waals surface area contributed by atoms with E-state index in [-0.39, 0.29) is 16.2 Å². The zero-order valence-corrected chi connectivity index (χ0v) is 9.73. The Kier molecular flexibility index (Phi) is 2.77. The molecule has 1 heterocycles. The molecule has 1 aromatic rings. The second kappa shape index (κ2) is 4.10. The molecule has 1 N–H and O–H groups in total. The first kappa shape index (κ1) is 11.5. The number of nitrogens with one attached hydrogen (secondary N) is 1. The van der Waals surface area contributed by atoms with Gasteiger partial charge in [0, 0.05) is 10.6 Å². The summed E-state index contributed by atoms with van der Waals surface area (Å²) in [5.74, 6) is -0.526. The molecule has 1 aromatic carbocycles. The lowest BCUT2D eigenvalue weighted by Crippen LogP contribution is -2.05. The Morgan fingerprint density at radius 2 is 1.88 bits per heavy atom. The van der Waals surface area contributed by atoms with Crippen molar-refractivity contribution >= 4 is 40.4 Å². The number of halogens is 2. The second-order valence-corrected chi connectivity index (χ2v) is 4.08. The molecule has 0 fully saturated rings. The van der Waals surface area contributed by atoms with Gasteiger partial charge < -0.3 is 5.32 Å². The summed E-state index contributed by atoms with van der Waals surface area (Å²) in [5, 5.41) is 20.7. The molecule has 0 aromatic heterocycles. The van der Waals surface area contributed by atoms with Gasteiger partial charge in [0.15, 0.2) is 0 Å². The molecule has 1 aliphatic heterocycles. The highest BCUT2D eigenvalue weighted by molar-refractivity contribution is 6.42. The maximum atomic E-state index is 11.7. The molecule has 4 nitrogen and oxygen atoms in total. The normalized spacial score (nSPS) is 12.5. The van der Waals surface area contributed by atoms with Gasteiger partial charge in [-0.05, 0) is 12.1 Å². The molecule has 2 rings (SSSR count). The summed E-state index contributed by atoms with van der Waals surface area (Å²) in [4.78, 5) is 11.7. The van der Waals surface area contributed by atoms with Crippen molar-refractivity contribution in [1.82, 2.24) is 0 Å². The van der Waals surface area contributed by atoms with Crippen molar-refractivity contribution < 1.29 is 4.79 Å². The van der Waals surface area contributed by atoms with Crippen LogP contribution >= 0.6 is 23.2 Å². The predicted molar refractivity (Wildman–Crippen MR) is 63.2 cm³/mol. The van der Waals surface area contributed by atoms with E-state index in [1.165, 1.54) is 12.1 Å². The summed E-state index contributed by atoms with van der Waals surface area (Å²) in [7, 11) is 0. The van der Waals surface area contributed by atoms with Crippen LogP contribution in [0.5, 0.6) is 0 Å². The number of fused-ring (bicyclic) bond motifs is 1. The predicted octanol–water partition coefficient (Wildman–Crippen LogP) is 2.75. The van der Waals surface area contributed by atoms with Gasteiger partial charge in [0.05, 0.1) is 16.3 Å². The maximum Gasteiger partial charge on any atom is 0.258 e. The molecular formula is C11H3Cl2N3O. The smallest absolute Gasteiger partial charge is 0.258 e. The first-order valence-electron chi connectivity index (χ1n) is 4.43. The first-order chi connectivity index (χ1) is 8.08. The van der Waals surface area contributed by atoms with Crippen LogP contribution in [-0.4, -0.2) is 5.91 Å². The standard InChI is InChI=1S/C11H3Cl2N3O/c12-6-1-7-9(5(3-14)4-15)11(17)16-10(7)8(13)2-6/h1-2H,(H,16,17). The minimum absolute atomic E-state index is 0.00870. The zero-order valence-electron chi connectivity index (χ0n) is 8.21. The Balaban J connectivity index is 2.81. The summed E-state index contributed by atoms with van der Waals surface area (Å²) in [6.45, 7) is 0. The second-order valence-electron chi connectivity index (χ2n) is 3.24. The Bertz CT molecular complexity index is 634. The van der Waals surface area contributed by atoms with Crippen molar-refractivity contribution in [2.75, 3.05) is 5.32 Å². The van der Waals surface area contributed by atoms with Crippen LogP contribution in [0.15, 0.2) is 17.7 Å². The number of anilines is 1. The molecule has 0 unspecified atom stereocenters. The van der Waals surface area contributed by atoms with Gasteiger partial charge in [0.2, 0.25) is 0 Å². The fourth-order valence-electron chi connectivity index (χ4n) is 1.58. The molecule has 6 heteroatoms. The quantitative estimate of drug-likeness (QED) is 0.578. The lowest BCUT2D eigenvalue weighted by Gasteiger charge is -2.01. The summed E-state index contributed by atoms with van der Waals surface area (Å²) < 4.78 is 0. The topological polar surface area (TPSA) is 76.7 Å². The number of rotatable bonds is 0. The number of hydrogen-bond donors (Lipinski definition) is 1. The van der Waals surface area contributed by atoms with Gasteiger partial charge in [-0.15, -0.1) is 0 Å². The van der Waals surface area contributed by atoms with Crippen LogP contribution in [-0.2, 0) is 4.79 Å². The summed E-state index contributed by atoms with van der Waals surface area (Å²) in [6, 6.07) is 6.32. The Labute approximate surface area is 107 Å². The third kappa shape index (κ3) is 1.74. The lowest BCUT2D eigenvalue weighted by molar-refractivity contribution is -0.110. The van der Waals surface area contributed by atoms with Crippen molar-refractivity contribution in [3.63, 3.8) is 0 Å². The van der Waals surface area contributed by atoms with Gasteiger partial charge in [-0.3, -0.25) is 4.79 Å². The molecule has 1 amide bonds. The van der Waals surface area contributed by atoms with Crippen molar-refractivity contribution in [1.29, 1.82) is 10.5 Å². The monoisotopic (exact) mass is 263 g/mol. The van der Waals surface area contributed by atoms with Crippen LogP contribution in [0.25, 0.3) is 5.57 Å². The summed E-state index contributed by atoms with van der Waals surface area (Å²) >= 11 is 11.7. The Morgan fingerprint density at radius 1 is 1.24 bits per heavy atom. The zero-order chi connectivity index (χ0) is 12.6. The van der Waals surface area contributed by atoms with E-state index in [1.807, 2.05) is 0 Å². The molecular weight excluding hydrogens is 261 g/mol. The van der Waals surface area contributed by atoms with Crippen LogP contribution in [0.4, 0.5) is 5.69 Å². The molecule has 0 saturated carbocycles. The molecule has 1 aliphatic rings. The number of nitrogens with zero attached hydrogens (tertiary/aromatic N) is 2. The number of allylic oxidation sites excluding steroid dienone is 1. The van der Waals surface area contributed by atoms with E-state index in [2.05, 4.69) is 5.32 Å². The van der Waals surface area contributed by atoms with Crippen LogP contribution in [0.2, 0.25) is 10.0 Å². The fraction of sp³-hybridized carbons (Fsp3) is 0. The highest BCUT2D eigenvalue weighted by Gasteiger charge is 2.30. The average molecular weight is 264 g/mol. The molecule has 17 heavy (non-hydrogen) atoms. The summed E-state index contributed by atoms with van der Waals surface area (Å²) in [5.41, 5.74) is 0.499.